The Morgan fingerprint density at radius 2 is 2.00 bits per heavy atom. The van der Waals surface area contributed by atoms with Gasteiger partial charge in [0, 0.05) is 30.9 Å². The average Bonchev–Trinajstić information content (AvgIpc) is 3.39. The maximum absolute atomic E-state index is 13.6. The second-order valence-electron chi connectivity index (χ2n) is 6.76. The molecule has 0 saturated carbocycles. The van der Waals surface area contributed by atoms with E-state index in [0.717, 1.165) is 23.0 Å². The minimum atomic E-state index is -4.66. The highest BCUT2D eigenvalue weighted by atomic mass is 32.1. The van der Waals surface area contributed by atoms with Crippen molar-refractivity contribution in [3.05, 3.63) is 58.0 Å². The molecule has 0 fully saturated rings. The third-order valence-electron chi connectivity index (χ3n) is 4.81. The predicted octanol–water partition coefficient (Wildman–Crippen LogP) is 3.76. The molecule has 1 N–H and O–H groups in total. The van der Waals surface area contributed by atoms with Crippen LogP contribution in [0.3, 0.4) is 0 Å². The molecule has 0 aliphatic heterocycles. The monoisotopic (exact) mass is 434 g/mol. The van der Waals surface area contributed by atoms with Crippen LogP contribution in [0.2, 0.25) is 0 Å². The van der Waals surface area contributed by atoms with Gasteiger partial charge in [-0.15, -0.1) is 11.3 Å². The number of aromatic nitrogens is 5. The number of thiophene rings is 1. The van der Waals surface area contributed by atoms with Crippen molar-refractivity contribution >= 4 is 22.9 Å². The van der Waals surface area contributed by atoms with Crippen LogP contribution in [0.5, 0.6) is 0 Å². The Morgan fingerprint density at radius 1 is 1.23 bits per heavy atom. The van der Waals surface area contributed by atoms with Crippen LogP contribution in [0.25, 0.3) is 16.2 Å². The summed E-state index contributed by atoms with van der Waals surface area (Å²) in [6.45, 7) is 3.89. The Bertz CT molecular complexity index is 1240. The lowest BCUT2D eigenvalue weighted by Gasteiger charge is -2.10. The molecular formula is C19H17F3N6OS. The zero-order valence-corrected chi connectivity index (χ0v) is 17.1. The third-order valence-corrected chi connectivity index (χ3v) is 5.70. The SMILES string of the molecule is Cc1nn(C)c(C)c1CNC(=O)c1cc2nc(-c3cccs3)cc(C(F)(F)F)n2n1. The molecule has 0 bridgehead atoms. The van der Waals surface area contributed by atoms with Gasteiger partial charge in [-0.25, -0.2) is 9.50 Å². The molecular weight excluding hydrogens is 417 g/mol. The van der Waals surface area contributed by atoms with Crippen molar-refractivity contribution in [2.75, 3.05) is 0 Å². The lowest BCUT2D eigenvalue weighted by molar-refractivity contribution is -0.142. The molecule has 4 aromatic heterocycles. The molecule has 156 valence electrons. The van der Waals surface area contributed by atoms with Crippen LogP contribution in [0.1, 0.15) is 33.1 Å². The minimum absolute atomic E-state index is 0.0490. The first-order valence-electron chi connectivity index (χ1n) is 8.94. The minimum Gasteiger partial charge on any atom is -0.346 e. The Balaban J connectivity index is 1.69. The van der Waals surface area contributed by atoms with Crippen molar-refractivity contribution < 1.29 is 18.0 Å². The molecule has 4 aromatic rings. The largest absolute Gasteiger partial charge is 0.433 e. The second-order valence-corrected chi connectivity index (χ2v) is 7.70. The molecule has 0 spiro atoms. The number of nitrogens with zero attached hydrogens (tertiary/aromatic N) is 5. The van der Waals surface area contributed by atoms with Crippen LogP contribution in [0.4, 0.5) is 13.2 Å². The van der Waals surface area contributed by atoms with E-state index in [1.807, 2.05) is 13.8 Å². The van der Waals surface area contributed by atoms with E-state index >= 15 is 0 Å². The van der Waals surface area contributed by atoms with Crippen molar-refractivity contribution in [3.8, 4) is 10.6 Å². The summed E-state index contributed by atoms with van der Waals surface area (Å²) in [7, 11) is 1.80. The van der Waals surface area contributed by atoms with Crippen molar-refractivity contribution in [2.24, 2.45) is 7.05 Å². The number of carbonyl (C=O) groups excluding carboxylic acids is 1. The van der Waals surface area contributed by atoms with E-state index in [9.17, 15) is 18.0 Å². The van der Waals surface area contributed by atoms with Crippen LogP contribution in [0.15, 0.2) is 29.6 Å². The van der Waals surface area contributed by atoms with Crippen molar-refractivity contribution in [3.63, 3.8) is 0 Å². The van der Waals surface area contributed by atoms with E-state index in [-0.39, 0.29) is 23.6 Å². The highest BCUT2D eigenvalue weighted by Crippen LogP contribution is 2.33. The summed E-state index contributed by atoms with van der Waals surface area (Å²) in [6.07, 6.45) is -4.66. The van der Waals surface area contributed by atoms with Gasteiger partial charge in [-0.3, -0.25) is 9.48 Å². The van der Waals surface area contributed by atoms with E-state index < -0.39 is 17.8 Å². The smallest absolute Gasteiger partial charge is 0.346 e. The molecule has 0 radical (unpaired) electrons. The summed E-state index contributed by atoms with van der Waals surface area (Å²) in [4.78, 5) is 17.4. The number of halogens is 3. The number of hydrogen-bond donors (Lipinski definition) is 1. The maximum Gasteiger partial charge on any atom is 0.433 e. The normalized spacial score (nSPS) is 11.9. The van der Waals surface area contributed by atoms with E-state index in [0.29, 0.717) is 9.39 Å². The fraction of sp³-hybridized carbons (Fsp3) is 0.263. The van der Waals surface area contributed by atoms with E-state index in [2.05, 4.69) is 20.5 Å². The Kier molecular flexibility index (Phi) is 4.85. The molecule has 11 heteroatoms. The van der Waals surface area contributed by atoms with Crippen molar-refractivity contribution in [2.45, 2.75) is 26.6 Å². The molecule has 0 atom stereocenters. The first kappa shape index (κ1) is 20.1. The number of fused-ring (bicyclic) bond motifs is 1. The predicted molar refractivity (Wildman–Crippen MR) is 105 cm³/mol. The van der Waals surface area contributed by atoms with Gasteiger partial charge in [0.1, 0.15) is 0 Å². The zero-order valence-electron chi connectivity index (χ0n) is 16.3. The first-order valence-corrected chi connectivity index (χ1v) is 9.82. The summed E-state index contributed by atoms with van der Waals surface area (Å²) in [5.41, 5.74) is 1.51. The molecule has 7 nitrogen and oxygen atoms in total. The number of hydrogen-bond acceptors (Lipinski definition) is 5. The van der Waals surface area contributed by atoms with Gasteiger partial charge in [0.15, 0.2) is 17.0 Å². The third kappa shape index (κ3) is 3.56. The molecule has 0 aliphatic rings. The van der Waals surface area contributed by atoms with Gasteiger partial charge in [0.25, 0.3) is 5.91 Å². The summed E-state index contributed by atoms with van der Waals surface area (Å²) in [5, 5.41) is 12.6. The lowest BCUT2D eigenvalue weighted by atomic mass is 10.2. The van der Waals surface area contributed by atoms with Gasteiger partial charge < -0.3 is 5.32 Å². The molecule has 0 aliphatic carbocycles. The fourth-order valence-electron chi connectivity index (χ4n) is 3.17. The van der Waals surface area contributed by atoms with Crippen molar-refractivity contribution in [1.82, 2.24) is 29.7 Å². The Labute approximate surface area is 173 Å². The molecule has 0 unspecified atom stereocenters. The van der Waals surface area contributed by atoms with Crippen LogP contribution in [-0.2, 0) is 19.8 Å². The number of rotatable bonds is 4. The first-order chi connectivity index (χ1) is 14.1. The van der Waals surface area contributed by atoms with Gasteiger partial charge in [0.2, 0.25) is 0 Å². The molecule has 0 aromatic carbocycles. The van der Waals surface area contributed by atoms with E-state index in [1.54, 1.807) is 29.2 Å². The van der Waals surface area contributed by atoms with Crippen LogP contribution >= 0.6 is 11.3 Å². The molecule has 30 heavy (non-hydrogen) atoms. The van der Waals surface area contributed by atoms with Crippen LogP contribution in [0, 0.1) is 13.8 Å². The Hall–Kier alpha value is -3.21. The zero-order chi connectivity index (χ0) is 21.6. The van der Waals surface area contributed by atoms with Gasteiger partial charge in [-0.05, 0) is 31.4 Å². The summed E-state index contributed by atoms with van der Waals surface area (Å²) in [6, 6.07) is 5.61. The van der Waals surface area contributed by atoms with Crippen LogP contribution in [-0.4, -0.2) is 30.3 Å². The van der Waals surface area contributed by atoms with Gasteiger partial charge in [0.05, 0.1) is 16.3 Å². The standard InChI is InChI=1S/C19H17F3N6OS/c1-10-12(11(2)27(3)25-10)9-23-18(29)14-8-17-24-13(15-5-4-6-30-15)7-16(19(20,21)22)28(17)26-14/h4-8H,9H2,1-3H3,(H,23,29). The van der Waals surface area contributed by atoms with Gasteiger partial charge in [-0.1, -0.05) is 6.07 Å². The van der Waals surface area contributed by atoms with Crippen molar-refractivity contribution in [1.29, 1.82) is 0 Å². The topological polar surface area (TPSA) is 77.1 Å². The van der Waals surface area contributed by atoms with E-state index in [4.69, 9.17) is 0 Å². The Morgan fingerprint density at radius 3 is 2.60 bits per heavy atom. The van der Waals surface area contributed by atoms with Gasteiger partial charge in [-0.2, -0.15) is 23.4 Å². The highest BCUT2D eigenvalue weighted by Gasteiger charge is 2.35. The lowest BCUT2D eigenvalue weighted by Crippen LogP contribution is -2.24. The molecule has 4 rings (SSSR count). The average molecular weight is 434 g/mol. The van der Waals surface area contributed by atoms with E-state index in [1.165, 1.54) is 17.4 Å². The highest BCUT2D eigenvalue weighted by molar-refractivity contribution is 7.13. The number of nitrogens with one attached hydrogen (secondary N) is 1. The summed E-state index contributed by atoms with van der Waals surface area (Å²) >= 11 is 1.28. The summed E-state index contributed by atoms with van der Waals surface area (Å²) in [5.74, 6) is -0.589. The molecule has 0 saturated heterocycles. The number of aryl methyl sites for hydroxylation is 2. The number of alkyl halides is 3. The van der Waals surface area contributed by atoms with Crippen LogP contribution < -0.4 is 5.32 Å². The van der Waals surface area contributed by atoms with Gasteiger partial charge >= 0.3 is 6.18 Å². The number of carbonyl (C=O) groups is 1. The molecule has 4 heterocycles. The molecule has 1 amide bonds. The fourth-order valence-corrected chi connectivity index (χ4v) is 3.86. The maximum atomic E-state index is 13.6. The quantitative estimate of drug-likeness (QED) is 0.531. The second kappa shape index (κ2) is 7.24. The number of amides is 1. The summed E-state index contributed by atoms with van der Waals surface area (Å²) < 4.78 is 43.2.